The zero-order valence-corrected chi connectivity index (χ0v) is 30.7. The molecule has 0 aromatic heterocycles. The van der Waals surface area contributed by atoms with Crippen molar-refractivity contribution in [2.75, 3.05) is 13.2 Å². The van der Waals surface area contributed by atoms with E-state index in [0.717, 1.165) is 51.4 Å². The molecule has 0 rings (SSSR count). The maximum Gasteiger partial charge on any atom is 1.00 e. The molecule has 0 aromatic carbocycles. The van der Waals surface area contributed by atoms with E-state index in [1.54, 1.807) is 0 Å². The van der Waals surface area contributed by atoms with Gasteiger partial charge in [0.05, 0.1) is 19.6 Å². The van der Waals surface area contributed by atoms with Crippen LogP contribution in [0.3, 0.4) is 0 Å². The minimum atomic E-state index is -5.01. The van der Waals surface area contributed by atoms with Crippen LogP contribution in [0.15, 0.2) is 0 Å². The largest absolute Gasteiger partial charge is 1.00 e. The van der Waals surface area contributed by atoms with Crippen molar-refractivity contribution in [1.29, 1.82) is 0 Å². The van der Waals surface area contributed by atoms with Crippen molar-refractivity contribution in [1.82, 2.24) is 0 Å². The number of unbranched alkanes of at least 4 members (excludes halogenated alkanes) is 11. The average Bonchev–Trinajstić information content (AvgIpc) is 2.93. The van der Waals surface area contributed by atoms with Gasteiger partial charge in [-0.15, -0.1) is 0 Å². The third-order valence-electron chi connectivity index (χ3n) is 7.45. The van der Waals surface area contributed by atoms with E-state index in [1.165, 1.54) is 64.2 Å². The number of ether oxygens (including phenoxy) is 2. The van der Waals surface area contributed by atoms with Crippen molar-refractivity contribution >= 4 is 22.1 Å². The number of carbonyl (C=O) groups excluding carboxylic acids is 2. The normalized spacial score (nSPS) is 13.2. The van der Waals surface area contributed by atoms with Crippen LogP contribution in [-0.2, 0) is 29.2 Å². The van der Waals surface area contributed by atoms with Gasteiger partial charge in [-0.05, 0) is 24.7 Å². The second kappa shape index (κ2) is 31.3. The van der Waals surface area contributed by atoms with Crippen LogP contribution in [0.1, 0.15) is 164 Å². The van der Waals surface area contributed by atoms with Crippen LogP contribution in [0, 0.1) is 11.8 Å². The van der Waals surface area contributed by atoms with E-state index >= 15 is 0 Å². The van der Waals surface area contributed by atoms with Crippen molar-refractivity contribution in [3.63, 3.8) is 0 Å². The van der Waals surface area contributed by atoms with Gasteiger partial charge >= 0.3 is 41.5 Å². The molecule has 0 aliphatic heterocycles. The van der Waals surface area contributed by atoms with Crippen molar-refractivity contribution in [3.8, 4) is 0 Å². The standard InChI is InChI=1S/C20H38O7S.C12H26.Na/c1-5-9-11-16(7-3)14-26-19(21)13-18(28(23,24)25)20(22)27-15-17(8-4)12-10-6-2;1-3-5-7-9-11-12-10-8-6-4-2;/h16-18H,5-15H2,1-4H3,(H,23,24,25);3-12H2,1-2H3;/q;;+1/p-1. The SMILES string of the molecule is CCCCC(CC)COC(=O)CC(C(=O)OCC(CC)CCCC)S(=O)(=O)[O-].CCCCCCCCCCCC.[Na+]. The first-order valence-corrected chi connectivity index (χ1v) is 17.8. The maximum atomic E-state index is 12.1. The Morgan fingerprint density at radius 3 is 1.32 bits per heavy atom. The van der Waals surface area contributed by atoms with Crippen LogP contribution in [0.25, 0.3) is 0 Å². The van der Waals surface area contributed by atoms with Gasteiger partial charge < -0.3 is 14.0 Å². The summed E-state index contributed by atoms with van der Waals surface area (Å²) in [6, 6.07) is 0. The fraction of sp³-hybridized carbons (Fsp3) is 0.938. The molecule has 3 unspecified atom stereocenters. The van der Waals surface area contributed by atoms with Gasteiger partial charge in [-0.2, -0.15) is 0 Å². The van der Waals surface area contributed by atoms with Gasteiger partial charge in [0.25, 0.3) is 0 Å². The third kappa shape index (κ3) is 28.4. The third-order valence-corrected chi connectivity index (χ3v) is 8.50. The Bertz CT molecular complexity index is 690. The molecule has 7 nitrogen and oxygen atoms in total. The first-order chi connectivity index (χ1) is 19.1. The summed E-state index contributed by atoms with van der Waals surface area (Å²) in [7, 11) is -5.01. The van der Waals surface area contributed by atoms with Crippen molar-refractivity contribution in [2.45, 2.75) is 169 Å². The van der Waals surface area contributed by atoms with E-state index in [4.69, 9.17) is 9.47 Å². The van der Waals surface area contributed by atoms with Crippen molar-refractivity contribution in [3.05, 3.63) is 0 Å². The molecular formula is C32H63NaO7S. The zero-order chi connectivity index (χ0) is 30.7. The fourth-order valence-electron chi connectivity index (χ4n) is 4.37. The van der Waals surface area contributed by atoms with E-state index in [0.29, 0.717) is 0 Å². The molecule has 0 aliphatic carbocycles. The summed E-state index contributed by atoms with van der Waals surface area (Å²) in [4.78, 5) is 24.1. The molecule has 0 bridgehead atoms. The Labute approximate surface area is 276 Å². The van der Waals surface area contributed by atoms with Gasteiger partial charge in [0.15, 0.2) is 5.25 Å². The molecule has 3 atom stereocenters. The molecule has 0 radical (unpaired) electrons. The maximum absolute atomic E-state index is 12.1. The molecule has 0 fully saturated rings. The van der Waals surface area contributed by atoms with Crippen LogP contribution in [0.4, 0.5) is 0 Å². The van der Waals surface area contributed by atoms with E-state index in [9.17, 15) is 22.6 Å². The summed E-state index contributed by atoms with van der Waals surface area (Å²) in [5, 5.41) is -2.06. The van der Waals surface area contributed by atoms with Crippen LogP contribution in [0.5, 0.6) is 0 Å². The van der Waals surface area contributed by atoms with Crippen LogP contribution >= 0.6 is 0 Å². The van der Waals surface area contributed by atoms with Gasteiger partial charge in [0.1, 0.15) is 10.1 Å². The molecule has 0 amide bonds. The smallest absolute Gasteiger partial charge is 0.747 e. The summed E-state index contributed by atoms with van der Waals surface area (Å²) in [6.07, 6.45) is 21.0. The molecule has 0 saturated carbocycles. The molecular weight excluding hydrogens is 551 g/mol. The molecule has 9 heteroatoms. The Balaban J connectivity index is -0.000000933. The van der Waals surface area contributed by atoms with E-state index in [-0.39, 0.29) is 54.6 Å². The fourth-order valence-corrected chi connectivity index (χ4v) is 5.02. The molecule has 0 aliphatic rings. The molecule has 0 saturated heterocycles. The topological polar surface area (TPSA) is 110 Å². The predicted octanol–water partition coefficient (Wildman–Crippen LogP) is 5.74. The Hall–Kier alpha value is -0.150. The van der Waals surface area contributed by atoms with Crippen LogP contribution < -0.4 is 29.6 Å². The molecule has 0 spiro atoms. The number of carbonyl (C=O) groups is 2. The van der Waals surface area contributed by atoms with Gasteiger partial charge in [0, 0.05) is 0 Å². The predicted molar refractivity (Wildman–Crippen MR) is 164 cm³/mol. The van der Waals surface area contributed by atoms with Gasteiger partial charge in [0.2, 0.25) is 0 Å². The minimum Gasteiger partial charge on any atom is -0.747 e. The monoisotopic (exact) mass is 614 g/mol. The molecule has 0 heterocycles. The van der Waals surface area contributed by atoms with E-state index in [2.05, 4.69) is 27.7 Å². The quantitative estimate of drug-likeness (QED) is 0.0558. The van der Waals surface area contributed by atoms with Crippen LogP contribution in [-0.4, -0.2) is 43.4 Å². The number of hydrogen-bond donors (Lipinski definition) is 0. The minimum absolute atomic E-state index is 0. The van der Waals surface area contributed by atoms with Gasteiger partial charge in [-0.3, -0.25) is 9.59 Å². The summed E-state index contributed by atoms with van der Waals surface area (Å²) in [5.41, 5.74) is 0. The number of rotatable bonds is 25. The first-order valence-electron chi connectivity index (χ1n) is 16.4. The number of hydrogen-bond acceptors (Lipinski definition) is 7. The van der Waals surface area contributed by atoms with Gasteiger partial charge in [-0.25, -0.2) is 8.42 Å². The second-order valence-corrected chi connectivity index (χ2v) is 12.7. The molecule has 0 aromatic rings. The Morgan fingerprint density at radius 2 is 0.976 bits per heavy atom. The molecule has 41 heavy (non-hydrogen) atoms. The van der Waals surface area contributed by atoms with E-state index < -0.39 is 33.7 Å². The Kier molecular flexibility index (Phi) is 34.5. The Morgan fingerprint density at radius 1 is 0.610 bits per heavy atom. The summed E-state index contributed by atoms with van der Waals surface area (Å²) in [5.74, 6) is -1.74. The van der Waals surface area contributed by atoms with E-state index in [1.807, 2.05) is 13.8 Å². The average molecular weight is 615 g/mol. The zero-order valence-electron chi connectivity index (χ0n) is 27.8. The van der Waals surface area contributed by atoms with Crippen molar-refractivity contribution < 1.29 is 61.6 Å². The number of esters is 2. The summed E-state index contributed by atoms with van der Waals surface area (Å²) >= 11 is 0. The summed E-state index contributed by atoms with van der Waals surface area (Å²) in [6.45, 7) is 12.8. The first kappa shape index (κ1) is 45.3. The molecule has 0 N–H and O–H groups in total. The van der Waals surface area contributed by atoms with Crippen molar-refractivity contribution in [2.24, 2.45) is 11.8 Å². The molecule has 240 valence electrons. The summed E-state index contributed by atoms with van der Waals surface area (Å²) < 4.78 is 44.6. The van der Waals surface area contributed by atoms with Crippen LogP contribution in [0.2, 0.25) is 0 Å². The van der Waals surface area contributed by atoms with Gasteiger partial charge in [-0.1, -0.05) is 144 Å². The second-order valence-electron chi connectivity index (χ2n) is 11.2.